The van der Waals surface area contributed by atoms with Crippen LogP contribution in [0.5, 0.6) is 5.75 Å². The van der Waals surface area contributed by atoms with Crippen LogP contribution in [0.1, 0.15) is 11.1 Å². The van der Waals surface area contributed by atoms with Crippen molar-refractivity contribution in [2.24, 2.45) is 4.99 Å². The van der Waals surface area contributed by atoms with Crippen LogP contribution >= 0.6 is 0 Å². The molecule has 0 aromatic heterocycles. The second-order valence-electron chi connectivity index (χ2n) is 5.00. The van der Waals surface area contributed by atoms with Gasteiger partial charge in [-0.3, -0.25) is 0 Å². The van der Waals surface area contributed by atoms with Gasteiger partial charge in [-0.25, -0.2) is 4.99 Å². The van der Waals surface area contributed by atoms with Crippen molar-refractivity contribution in [3.8, 4) is 5.75 Å². The van der Waals surface area contributed by atoms with Crippen molar-refractivity contribution >= 4 is 17.1 Å². The molecule has 0 saturated carbocycles. The fourth-order valence-corrected chi connectivity index (χ4v) is 2.36. The lowest BCUT2D eigenvalue weighted by atomic mass is 9.98. The summed E-state index contributed by atoms with van der Waals surface area (Å²) in [4.78, 5) is 4.49. The quantitative estimate of drug-likeness (QED) is 0.612. The Morgan fingerprint density at radius 3 is 2.09 bits per heavy atom. The molecule has 2 nitrogen and oxygen atoms in total. The highest BCUT2D eigenvalue weighted by molar-refractivity contribution is 6.00. The first-order chi connectivity index (χ1) is 11.4. The molecule has 0 heterocycles. The Balaban J connectivity index is 2.17. The van der Waals surface area contributed by atoms with Crippen molar-refractivity contribution in [2.45, 2.75) is 0 Å². The highest BCUT2D eigenvalue weighted by Crippen LogP contribution is 2.29. The molecule has 0 saturated heterocycles. The molecule has 112 valence electrons. The molecule has 0 bridgehead atoms. The van der Waals surface area contributed by atoms with E-state index < -0.39 is 0 Å². The molecule has 0 spiro atoms. The Labute approximate surface area is 136 Å². The van der Waals surface area contributed by atoms with E-state index in [0.717, 1.165) is 28.1 Å². The highest BCUT2D eigenvalue weighted by Gasteiger charge is 2.10. The maximum atomic E-state index is 5.50. The molecule has 3 rings (SSSR count). The van der Waals surface area contributed by atoms with E-state index in [0.29, 0.717) is 0 Å². The molecule has 2 heteroatoms. The SMILES string of the molecule is COc1ccccc1C(=C=Nc1ccccc1)c1ccccc1. The third kappa shape index (κ3) is 3.57. The Morgan fingerprint density at radius 2 is 1.39 bits per heavy atom. The molecule has 0 fully saturated rings. The number of hydrogen-bond donors (Lipinski definition) is 0. The molecule has 3 aromatic carbocycles. The topological polar surface area (TPSA) is 21.6 Å². The number of ether oxygens (including phenoxy) is 1. The van der Waals surface area contributed by atoms with Gasteiger partial charge in [0.15, 0.2) is 0 Å². The summed E-state index contributed by atoms with van der Waals surface area (Å²) in [6.07, 6.45) is 0. The van der Waals surface area contributed by atoms with Gasteiger partial charge in [-0.2, -0.15) is 0 Å². The normalized spacial score (nSPS) is 9.78. The van der Waals surface area contributed by atoms with Crippen molar-refractivity contribution in [1.82, 2.24) is 0 Å². The first kappa shape index (κ1) is 14.8. The molecule has 0 atom stereocenters. The minimum atomic E-state index is 0.808. The predicted octanol–water partition coefficient (Wildman–Crippen LogP) is 5.13. The van der Waals surface area contributed by atoms with Crippen molar-refractivity contribution in [3.05, 3.63) is 96.1 Å². The van der Waals surface area contributed by atoms with Crippen molar-refractivity contribution in [2.75, 3.05) is 7.11 Å². The number of para-hydroxylation sites is 2. The van der Waals surface area contributed by atoms with E-state index in [4.69, 9.17) is 4.74 Å². The van der Waals surface area contributed by atoms with Crippen LogP contribution in [0, 0.1) is 0 Å². The summed E-state index contributed by atoms with van der Waals surface area (Å²) in [7, 11) is 1.68. The van der Waals surface area contributed by atoms with E-state index in [1.807, 2.05) is 72.8 Å². The van der Waals surface area contributed by atoms with Gasteiger partial charge in [-0.05, 0) is 35.7 Å². The maximum absolute atomic E-state index is 5.50. The van der Waals surface area contributed by atoms with E-state index in [1.54, 1.807) is 7.11 Å². The summed E-state index contributed by atoms with van der Waals surface area (Å²) >= 11 is 0. The third-order valence-corrected chi connectivity index (χ3v) is 3.49. The number of nitrogens with zero attached hydrogens (tertiary/aromatic N) is 1. The lowest BCUT2D eigenvalue weighted by Gasteiger charge is -2.10. The van der Waals surface area contributed by atoms with E-state index in [9.17, 15) is 0 Å². The second-order valence-corrected chi connectivity index (χ2v) is 5.00. The van der Waals surface area contributed by atoms with Gasteiger partial charge >= 0.3 is 0 Å². The summed E-state index contributed by atoms with van der Waals surface area (Å²) in [5.41, 5.74) is 3.81. The molecule has 0 aliphatic carbocycles. The second kappa shape index (κ2) is 7.26. The number of benzene rings is 3. The fraction of sp³-hybridized carbons (Fsp3) is 0.0476. The molecule has 0 aliphatic rings. The molecular formula is C21H17NO. The van der Waals surface area contributed by atoms with Gasteiger partial charge in [0, 0.05) is 5.56 Å². The molecule has 0 amide bonds. The molecular weight excluding hydrogens is 282 g/mol. The lowest BCUT2D eigenvalue weighted by molar-refractivity contribution is 0.413. The third-order valence-electron chi connectivity index (χ3n) is 3.49. The number of rotatable bonds is 4. The first-order valence-corrected chi connectivity index (χ1v) is 7.46. The van der Waals surface area contributed by atoms with Crippen LogP contribution in [0.15, 0.2) is 89.9 Å². The van der Waals surface area contributed by atoms with Crippen molar-refractivity contribution < 1.29 is 4.74 Å². The molecule has 0 unspecified atom stereocenters. The molecule has 0 radical (unpaired) electrons. The van der Waals surface area contributed by atoms with E-state index in [1.165, 1.54) is 0 Å². The van der Waals surface area contributed by atoms with Crippen LogP contribution in [-0.4, -0.2) is 13.0 Å². The van der Waals surface area contributed by atoms with Gasteiger partial charge < -0.3 is 4.74 Å². The smallest absolute Gasteiger partial charge is 0.127 e. The van der Waals surface area contributed by atoms with Gasteiger partial charge in [0.2, 0.25) is 0 Å². The van der Waals surface area contributed by atoms with Gasteiger partial charge in [-0.15, -0.1) is 0 Å². The minimum absolute atomic E-state index is 0.808. The maximum Gasteiger partial charge on any atom is 0.127 e. The zero-order valence-electron chi connectivity index (χ0n) is 12.9. The molecule has 0 aliphatic heterocycles. The highest BCUT2D eigenvalue weighted by atomic mass is 16.5. The van der Waals surface area contributed by atoms with Crippen molar-refractivity contribution in [3.63, 3.8) is 0 Å². The zero-order chi connectivity index (χ0) is 15.9. The van der Waals surface area contributed by atoms with Crippen LogP contribution in [0.2, 0.25) is 0 Å². The van der Waals surface area contributed by atoms with Gasteiger partial charge in [0.25, 0.3) is 0 Å². The number of methoxy groups -OCH3 is 1. The summed E-state index contributed by atoms with van der Waals surface area (Å²) in [5.74, 6) is 4.01. The summed E-state index contributed by atoms with van der Waals surface area (Å²) in [6, 6.07) is 27.8. The summed E-state index contributed by atoms with van der Waals surface area (Å²) < 4.78 is 5.50. The molecule has 23 heavy (non-hydrogen) atoms. The van der Waals surface area contributed by atoms with Crippen LogP contribution in [0.4, 0.5) is 5.69 Å². The first-order valence-electron chi connectivity index (χ1n) is 7.46. The Bertz CT molecular complexity index is 832. The van der Waals surface area contributed by atoms with E-state index >= 15 is 0 Å². The average molecular weight is 299 g/mol. The molecule has 3 aromatic rings. The number of hydrogen-bond acceptors (Lipinski definition) is 2. The monoisotopic (exact) mass is 299 g/mol. The number of aliphatic imine (C=N–C) groups is 1. The Hall–Kier alpha value is -3.09. The van der Waals surface area contributed by atoms with Crippen LogP contribution in [-0.2, 0) is 0 Å². The standard InChI is InChI=1S/C21H17NO/c1-23-21-15-9-8-14-19(21)20(17-10-4-2-5-11-17)16-22-18-12-6-3-7-13-18/h2-15H,1H3. The largest absolute Gasteiger partial charge is 0.496 e. The summed E-state index contributed by atoms with van der Waals surface area (Å²) in [6.45, 7) is 0. The van der Waals surface area contributed by atoms with Crippen molar-refractivity contribution in [1.29, 1.82) is 0 Å². The summed E-state index contributed by atoms with van der Waals surface area (Å²) in [5, 5.41) is 0. The van der Waals surface area contributed by atoms with E-state index in [2.05, 4.69) is 23.0 Å². The van der Waals surface area contributed by atoms with Gasteiger partial charge in [0.05, 0.1) is 18.4 Å². The Morgan fingerprint density at radius 1 is 0.783 bits per heavy atom. The zero-order valence-corrected chi connectivity index (χ0v) is 12.9. The van der Waals surface area contributed by atoms with Crippen LogP contribution in [0.25, 0.3) is 5.57 Å². The average Bonchev–Trinajstić information content (AvgIpc) is 2.64. The molecule has 0 N–H and O–H groups in total. The van der Waals surface area contributed by atoms with Crippen LogP contribution in [0.3, 0.4) is 0 Å². The van der Waals surface area contributed by atoms with Gasteiger partial charge in [0.1, 0.15) is 5.75 Å². The fourth-order valence-electron chi connectivity index (χ4n) is 2.36. The minimum Gasteiger partial charge on any atom is -0.496 e. The van der Waals surface area contributed by atoms with Gasteiger partial charge in [-0.1, -0.05) is 60.7 Å². The van der Waals surface area contributed by atoms with Crippen LogP contribution < -0.4 is 4.74 Å². The predicted molar refractivity (Wildman–Crippen MR) is 95.5 cm³/mol. The van der Waals surface area contributed by atoms with E-state index in [-0.39, 0.29) is 0 Å². The lowest BCUT2D eigenvalue weighted by Crippen LogP contribution is -1.93. The Kier molecular flexibility index (Phi) is 4.68.